The molecule has 0 spiro atoms. The highest BCUT2D eigenvalue weighted by Crippen LogP contribution is 2.22. The van der Waals surface area contributed by atoms with E-state index in [1.165, 1.54) is 0 Å². The second-order valence-electron chi connectivity index (χ2n) is 4.32. The molecule has 3 nitrogen and oxygen atoms in total. The van der Waals surface area contributed by atoms with Crippen molar-refractivity contribution >= 4 is 17.4 Å². The molecule has 0 fully saturated rings. The molecule has 0 amide bonds. The number of aryl methyl sites for hydroxylation is 2. The number of Topliss-reactive ketones (excluding diaryl/α,β-unsaturated/α-hetero) is 1. The largest absolute Gasteiger partial charge is 0.485 e. The topological polar surface area (TPSA) is 31.2 Å². The summed E-state index contributed by atoms with van der Waals surface area (Å²) in [6.45, 7) is 2.06. The molecule has 0 atom stereocenters. The molecular weight excluding hydrogens is 262 g/mol. The highest BCUT2D eigenvalue weighted by atomic mass is 35.5. The highest BCUT2D eigenvalue weighted by Gasteiger charge is 2.10. The van der Waals surface area contributed by atoms with Crippen LogP contribution in [0.5, 0.6) is 5.75 Å². The van der Waals surface area contributed by atoms with Crippen LogP contribution in [0.4, 0.5) is 0 Å². The Kier molecular flexibility index (Phi) is 4.27. The lowest BCUT2D eigenvalue weighted by atomic mass is 10.1. The van der Waals surface area contributed by atoms with Gasteiger partial charge in [0, 0.05) is 18.3 Å². The van der Waals surface area contributed by atoms with Crippen LogP contribution in [0.15, 0.2) is 36.5 Å². The van der Waals surface area contributed by atoms with Gasteiger partial charge in [0.25, 0.3) is 0 Å². The summed E-state index contributed by atoms with van der Waals surface area (Å²) < 4.78 is 7.31. The minimum Gasteiger partial charge on any atom is -0.485 e. The average molecular weight is 278 g/mol. The van der Waals surface area contributed by atoms with Gasteiger partial charge in [-0.25, -0.2) is 0 Å². The van der Waals surface area contributed by atoms with Crippen molar-refractivity contribution in [2.45, 2.75) is 13.3 Å². The molecule has 0 bridgehead atoms. The van der Waals surface area contributed by atoms with E-state index in [9.17, 15) is 4.79 Å². The first kappa shape index (κ1) is 13.7. The van der Waals surface area contributed by atoms with Gasteiger partial charge in [0.15, 0.2) is 6.61 Å². The number of benzene rings is 1. The van der Waals surface area contributed by atoms with Gasteiger partial charge in [0.1, 0.15) is 5.75 Å². The number of halogens is 1. The summed E-state index contributed by atoms with van der Waals surface area (Å²) in [5.41, 5.74) is 1.66. The van der Waals surface area contributed by atoms with Gasteiger partial charge in [-0.2, -0.15) is 0 Å². The van der Waals surface area contributed by atoms with E-state index in [4.69, 9.17) is 16.3 Å². The Morgan fingerprint density at radius 1 is 1.37 bits per heavy atom. The van der Waals surface area contributed by atoms with E-state index in [0.717, 1.165) is 17.0 Å². The van der Waals surface area contributed by atoms with E-state index in [-0.39, 0.29) is 12.4 Å². The van der Waals surface area contributed by atoms with Crippen molar-refractivity contribution in [1.82, 2.24) is 4.57 Å². The average Bonchev–Trinajstić information content (AvgIpc) is 2.83. The van der Waals surface area contributed by atoms with Crippen molar-refractivity contribution < 1.29 is 9.53 Å². The number of rotatable bonds is 5. The van der Waals surface area contributed by atoms with Gasteiger partial charge in [-0.3, -0.25) is 4.79 Å². The monoisotopic (exact) mass is 277 g/mol. The maximum absolute atomic E-state index is 11.9. The van der Waals surface area contributed by atoms with E-state index in [0.29, 0.717) is 11.4 Å². The number of ether oxygens (including phenoxy) is 1. The predicted molar refractivity (Wildman–Crippen MR) is 76.1 cm³/mol. The Morgan fingerprint density at radius 3 is 2.79 bits per heavy atom. The van der Waals surface area contributed by atoms with Gasteiger partial charge in [-0.1, -0.05) is 18.5 Å². The molecule has 100 valence electrons. The standard InChI is InChI=1S/C15H16ClNO2/c1-3-11-9-12(6-7-13(11)16)19-10-15(18)14-5-4-8-17(14)2/h4-9H,3,10H2,1-2H3. The summed E-state index contributed by atoms with van der Waals surface area (Å²) in [6.07, 6.45) is 2.67. The van der Waals surface area contributed by atoms with Crippen molar-refractivity contribution in [3.63, 3.8) is 0 Å². The number of ketones is 1. The maximum atomic E-state index is 11.9. The fourth-order valence-electron chi connectivity index (χ4n) is 1.89. The van der Waals surface area contributed by atoms with Crippen LogP contribution in [0.3, 0.4) is 0 Å². The van der Waals surface area contributed by atoms with Crippen LogP contribution in [0.2, 0.25) is 5.02 Å². The van der Waals surface area contributed by atoms with Crippen LogP contribution < -0.4 is 4.74 Å². The van der Waals surface area contributed by atoms with Crippen LogP contribution in [0, 0.1) is 0 Å². The number of carbonyl (C=O) groups is 1. The zero-order chi connectivity index (χ0) is 13.8. The number of hydrogen-bond acceptors (Lipinski definition) is 2. The third kappa shape index (κ3) is 3.18. The summed E-state index contributed by atoms with van der Waals surface area (Å²) >= 11 is 6.04. The Bertz CT molecular complexity index is 590. The van der Waals surface area contributed by atoms with Crippen LogP contribution in [-0.4, -0.2) is 17.0 Å². The van der Waals surface area contributed by atoms with Crippen LogP contribution >= 0.6 is 11.6 Å². The summed E-state index contributed by atoms with van der Waals surface area (Å²) in [4.78, 5) is 11.9. The number of nitrogens with zero attached hydrogens (tertiary/aromatic N) is 1. The van der Waals surface area contributed by atoms with Gasteiger partial charge in [0.2, 0.25) is 5.78 Å². The van der Waals surface area contributed by atoms with Crippen molar-refractivity contribution in [3.8, 4) is 5.75 Å². The second kappa shape index (κ2) is 5.93. The highest BCUT2D eigenvalue weighted by molar-refractivity contribution is 6.31. The molecule has 2 aromatic rings. The third-order valence-electron chi connectivity index (χ3n) is 3.00. The fraction of sp³-hybridized carbons (Fsp3) is 0.267. The molecule has 19 heavy (non-hydrogen) atoms. The molecular formula is C15H16ClNO2. The van der Waals surface area contributed by atoms with E-state index in [2.05, 4.69) is 0 Å². The summed E-state index contributed by atoms with van der Waals surface area (Å²) in [6, 6.07) is 9.07. The molecule has 0 saturated heterocycles. The lowest BCUT2D eigenvalue weighted by Crippen LogP contribution is -2.14. The van der Waals surface area contributed by atoms with Crippen molar-refractivity contribution in [2.24, 2.45) is 7.05 Å². The predicted octanol–water partition coefficient (Wildman–Crippen LogP) is 3.50. The fourth-order valence-corrected chi connectivity index (χ4v) is 2.14. The molecule has 1 aromatic heterocycles. The van der Waals surface area contributed by atoms with Gasteiger partial charge in [0.05, 0.1) is 5.69 Å². The Labute approximate surface area is 117 Å². The van der Waals surface area contributed by atoms with Crippen LogP contribution in [-0.2, 0) is 13.5 Å². The maximum Gasteiger partial charge on any atom is 0.216 e. The van der Waals surface area contributed by atoms with Crippen LogP contribution in [0.25, 0.3) is 0 Å². The number of aromatic nitrogens is 1. The Hall–Kier alpha value is -1.74. The quantitative estimate of drug-likeness (QED) is 0.783. The Morgan fingerprint density at radius 2 is 2.16 bits per heavy atom. The molecule has 0 radical (unpaired) electrons. The second-order valence-corrected chi connectivity index (χ2v) is 4.73. The van der Waals surface area contributed by atoms with Gasteiger partial charge < -0.3 is 9.30 Å². The number of hydrogen-bond donors (Lipinski definition) is 0. The minimum absolute atomic E-state index is 0.0304. The summed E-state index contributed by atoms with van der Waals surface area (Å²) in [5, 5.41) is 0.726. The zero-order valence-electron chi connectivity index (χ0n) is 11.0. The molecule has 2 rings (SSSR count). The first-order valence-electron chi connectivity index (χ1n) is 6.17. The lowest BCUT2D eigenvalue weighted by Gasteiger charge is -2.08. The van der Waals surface area contributed by atoms with Crippen molar-refractivity contribution in [2.75, 3.05) is 6.61 Å². The van der Waals surface area contributed by atoms with E-state index in [1.54, 1.807) is 22.8 Å². The summed E-state index contributed by atoms with van der Waals surface area (Å²) in [7, 11) is 1.84. The molecule has 4 heteroatoms. The molecule has 0 N–H and O–H groups in total. The van der Waals surface area contributed by atoms with Crippen LogP contribution in [0.1, 0.15) is 23.0 Å². The zero-order valence-corrected chi connectivity index (χ0v) is 11.8. The van der Waals surface area contributed by atoms with Crippen molar-refractivity contribution in [1.29, 1.82) is 0 Å². The first-order chi connectivity index (χ1) is 9.11. The Balaban J connectivity index is 2.03. The SMILES string of the molecule is CCc1cc(OCC(=O)c2cccn2C)ccc1Cl. The van der Waals surface area contributed by atoms with Crippen molar-refractivity contribution in [3.05, 3.63) is 52.8 Å². The van der Waals surface area contributed by atoms with E-state index >= 15 is 0 Å². The van der Waals surface area contributed by atoms with E-state index < -0.39 is 0 Å². The normalized spacial score (nSPS) is 10.5. The van der Waals surface area contributed by atoms with Gasteiger partial charge in [-0.05, 0) is 42.3 Å². The van der Waals surface area contributed by atoms with Gasteiger partial charge in [-0.15, -0.1) is 0 Å². The molecule has 0 aliphatic heterocycles. The van der Waals surface area contributed by atoms with E-state index in [1.807, 2.05) is 32.3 Å². The molecule has 0 saturated carbocycles. The lowest BCUT2D eigenvalue weighted by molar-refractivity contribution is 0.0913. The molecule has 0 aliphatic carbocycles. The molecule has 0 unspecified atom stereocenters. The smallest absolute Gasteiger partial charge is 0.216 e. The molecule has 1 heterocycles. The molecule has 1 aromatic carbocycles. The third-order valence-corrected chi connectivity index (χ3v) is 3.37. The van der Waals surface area contributed by atoms with Gasteiger partial charge >= 0.3 is 0 Å². The minimum atomic E-state index is -0.0412. The molecule has 0 aliphatic rings. The first-order valence-corrected chi connectivity index (χ1v) is 6.55. The summed E-state index contributed by atoms with van der Waals surface area (Å²) in [5.74, 6) is 0.629. The number of carbonyl (C=O) groups excluding carboxylic acids is 1.